The lowest BCUT2D eigenvalue weighted by Crippen LogP contribution is -2.61. The first-order chi connectivity index (χ1) is 29.7. The number of likely N-dealkylation sites (N-methyl/N-ethyl adjacent to an activating group) is 1. The molecule has 18 nitrogen and oxygen atoms in total. The highest BCUT2D eigenvalue weighted by Crippen LogP contribution is 2.27. The SMILES string of the molecule is CC[C@H]1NC(=O)[C@@H](NC(=O)c2ncccc2O)[C@@H](C)OC(=O)[C@H](c2ccccc2)NC(=O)[C@H]2CC(=O)CCN2C(=O)[C@H](Cc2ccc(NC)cc2)N(C)C(=O)[C@@H]2CCCN2C1=O. The molecule has 62 heavy (non-hydrogen) atoms. The van der Waals surface area contributed by atoms with Crippen molar-refractivity contribution in [3.8, 4) is 5.75 Å². The van der Waals surface area contributed by atoms with E-state index in [2.05, 4.69) is 26.3 Å². The van der Waals surface area contributed by atoms with Gasteiger partial charge >= 0.3 is 5.97 Å². The van der Waals surface area contributed by atoms with E-state index in [9.17, 15) is 43.5 Å². The number of Topliss-reactive ketones (excluding diaryl/α,β-unsaturated/α-hetero) is 1. The number of aromatic hydroxyl groups is 1. The molecule has 2 aromatic carbocycles. The Morgan fingerprint density at radius 2 is 1.58 bits per heavy atom. The molecule has 0 aliphatic carbocycles. The van der Waals surface area contributed by atoms with E-state index in [0.29, 0.717) is 12.0 Å². The summed E-state index contributed by atoms with van der Waals surface area (Å²) in [6, 6.07) is 9.88. The number of carbonyl (C=O) groups is 8. The standard InChI is InChI=1S/C44H52N8O10/c1-5-30-41(58)51-21-10-13-31(51)42(59)50(4)33(23-26-15-17-28(45-3)18-16-26)43(60)52-22-19-29(53)24-32(52)38(55)49-36(27-11-7-6-8-12-27)44(61)62-25(2)35(39(56)47-30)48-40(57)37-34(54)14-9-20-46-37/h6-9,11-12,14-18,20,25,30-33,35-36,45,54H,5,10,13,19,21-24H2,1-4H3,(H,47,56)(H,48,57)(H,49,55)/t25-,30-,31+,32-,33+,35+,36+/m1/s1. The molecule has 7 atom stereocenters. The molecule has 6 rings (SSSR count). The molecule has 4 heterocycles. The monoisotopic (exact) mass is 852 g/mol. The van der Waals surface area contributed by atoms with Crippen molar-refractivity contribution in [3.63, 3.8) is 0 Å². The third-order valence-electron chi connectivity index (χ3n) is 11.6. The Hall–Kier alpha value is -6.85. The zero-order chi connectivity index (χ0) is 44.7. The molecule has 3 aliphatic rings. The number of benzene rings is 2. The molecular formula is C44H52N8O10. The number of cyclic esters (lactones) is 1. The topological polar surface area (TPSA) is 237 Å². The van der Waals surface area contributed by atoms with Gasteiger partial charge in [-0.15, -0.1) is 0 Å². The molecule has 0 bridgehead atoms. The number of nitrogens with zero attached hydrogens (tertiary/aromatic N) is 4. The molecule has 3 fully saturated rings. The van der Waals surface area contributed by atoms with Gasteiger partial charge in [-0.2, -0.15) is 0 Å². The van der Waals surface area contributed by atoms with E-state index in [1.54, 1.807) is 44.3 Å². The minimum Gasteiger partial charge on any atom is -0.505 e. The average molecular weight is 853 g/mol. The molecule has 3 aromatic rings. The Morgan fingerprint density at radius 1 is 0.871 bits per heavy atom. The second-order valence-corrected chi connectivity index (χ2v) is 15.6. The van der Waals surface area contributed by atoms with Crippen molar-refractivity contribution in [2.45, 2.75) is 94.7 Å². The van der Waals surface area contributed by atoms with E-state index in [-0.39, 0.29) is 56.5 Å². The maximum atomic E-state index is 14.9. The van der Waals surface area contributed by atoms with Gasteiger partial charge in [-0.3, -0.25) is 33.6 Å². The van der Waals surface area contributed by atoms with Crippen molar-refractivity contribution in [1.82, 2.24) is 35.6 Å². The molecule has 0 unspecified atom stereocenters. The van der Waals surface area contributed by atoms with Crippen LogP contribution in [0.4, 0.5) is 5.69 Å². The third kappa shape index (κ3) is 9.85. The summed E-state index contributed by atoms with van der Waals surface area (Å²) in [6.07, 6.45) is 0.167. The Labute approximate surface area is 358 Å². The highest BCUT2D eigenvalue weighted by molar-refractivity contribution is 6.01. The first-order valence-electron chi connectivity index (χ1n) is 20.7. The lowest BCUT2D eigenvalue weighted by molar-refractivity contribution is -0.156. The Kier molecular flexibility index (Phi) is 14.2. The van der Waals surface area contributed by atoms with E-state index in [0.717, 1.165) is 5.69 Å². The smallest absolute Gasteiger partial charge is 0.333 e. The van der Waals surface area contributed by atoms with Gasteiger partial charge in [0.1, 0.15) is 47.8 Å². The van der Waals surface area contributed by atoms with Crippen LogP contribution in [0.3, 0.4) is 0 Å². The van der Waals surface area contributed by atoms with Gasteiger partial charge in [-0.05, 0) is 61.6 Å². The summed E-state index contributed by atoms with van der Waals surface area (Å²) in [6.45, 7) is 3.01. The van der Waals surface area contributed by atoms with Gasteiger partial charge in [0.05, 0.1) is 0 Å². The van der Waals surface area contributed by atoms with Crippen LogP contribution in [0, 0.1) is 0 Å². The van der Waals surface area contributed by atoms with Crippen LogP contribution in [0.15, 0.2) is 72.9 Å². The first-order valence-corrected chi connectivity index (χ1v) is 20.7. The molecule has 3 saturated heterocycles. The third-order valence-corrected chi connectivity index (χ3v) is 11.6. The molecule has 6 amide bonds. The largest absolute Gasteiger partial charge is 0.505 e. The molecule has 5 N–H and O–H groups in total. The van der Waals surface area contributed by atoms with Crippen LogP contribution in [0.1, 0.15) is 73.6 Å². The fourth-order valence-corrected chi connectivity index (χ4v) is 8.07. The quantitative estimate of drug-likeness (QED) is 0.211. The predicted octanol–water partition coefficient (Wildman–Crippen LogP) is 1.25. The molecule has 18 heteroatoms. The van der Waals surface area contributed by atoms with Gasteiger partial charge in [0.2, 0.25) is 29.5 Å². The van der Waals surface area contributed by atoms with Crippen LogP contribution >= 0.6 is 0 Å². The van der Waals surface area contributed by atoms with E-state index in [1.165, 1.54) is 47.0 Å². The van der Waals surface area contributed by atoms with E-state index in [4.69, 9.17) is 4.74 Å². The van der Waals surface area contributed by atoms with Gasteiger partial charge in [0.25, 0.3) is 5.91 Å². The highest BCUT2D eigenvalue weighted by atomic mass is 16.5. The number of fused-ring (bicyclic) bond motifs is 2. The summed E-state index contributed by atoms with van der Waals surface area (Å²) in [7, 11) is 3.23. The zero-order valence-corrected chi connectivity index (χ0v) is 35.0. The fourth-order valence-electron chi connectivity index (χ4n) is 8.07. The highest BCUT2D eigenvalue weighted by Gasteiger charge is 2.45. The van der Waals surface area contributed by atoms with Crippen molar-refractivity contribution < 1.29 is 48.2 Å². The number of carbonyl (C=O) groups excluding carboxylic acids is 8. The van der Waals surface area contributed by atoms with Crippen LogP contribution < -0.4 is 21.3 Å². The minimum absolute atomic E-state index is 0.0262. The number of ether oxygens (including phenoxy) is 1. The summed E-state index contributed by atoms with van der Waals surface area (Å²) in [5.74, 6) is -6.34. The number of hydrogen-bond acceptors (Lipinski definition) is 12. The second-order valence-electron chi connectivity index (χ2n) is 15.6. The summed E-state index contributed by atoms with van der Waals surface area (Å²) < 4.78 is 5.84. The number of aromatic nitrogens is 1. The zero-order valence-electron chi connectivity index (χ0n) is 35.0. The van der Waals surface area contributed by atoms with Crippen molar-refractivity contribution in [2.75, 3.05) is 32.5 Å². The molecular weight excluding hydrogens is 801 g/mol. The van der Waals surface area contributed by atoms with Crippen LogP contribution in [0.25, 0.3) is 0 Å². The van der Waals surface area contributed by atoms with E-state index in [1.807, 2.05) is 24.3 Å². The molecule has 0 saturated carbocycles. The van der Waals surface area contributed by atoms with Gasteiger partial charge in [-0.1, -0.05) is 49.4 Å². The number of anilines is 1. The predicted molar refractivity (Wildman–Crippen MR) is 223 cm³/mol. The fraction of sp³-hybridized carbons (Fsp3) is 0.432. The Morgan fingerprint density at radius 3 is 2.26 bits per heavy atom. The molecule has 3 aliphatic heterocycles. The van der Waals surface area contributed by atoms with E-state index >= 15 is 0 Å². The van der Waals surface area contributed by atoms with Crippen LogP contribution in [0.5, 0.6) is 5.75 Å². The number of pyridine rings is 1. The Balaban J connectivity index is 1.43. The maximum Gasteiger partial charge on any atom is 0.333 e. The lowest BCUT2D eigenvalue weighted by Gasteiger charge is -2.40. The molecule has 1 aromatic heterocycles. The van der Waals surface area contributed by atoms with E-state index < -0.39 is 95.2 Å². The maximum absolute atomic E-state index is 14.9. The van der Waals surface area contributed by atoms with Crippen molar-refractivity contribution in [1.29, 1.82) is 0 Å². The number of nitrogens with one attached hydrogen (secondary N) is 4. The van der Waals surface area contributed by atoms with Gasteiger partial charge in [-0.25, -0.2) is 9.78 Å². The van der Waals surface area contributed by atoms with Crippen LogP contribution in [0.2, 0.25) is 0 Å². The van der Waals surface area contributed by atoms with Gasteiger partial charge in [0.15, 0.2) is 11.7 Å². The number of esters is 1. The number of hydrogen-bond donors (Lipinski definition) is 5. The molecule has 0 radical (unpaired) electrons. The van der Waals surface area contributed by atoms with Gasteiger partial charge in [0, 0.05) is 58.3 Å². The summed E-state index contributed by atoms with van der Waals surface area (Å²) >= 11 is 0. The number of piperidine rings is 1. The summed E-state index contributed by atoms with van der Waals surface area (Å²) in [4.78, 5) is 121. The molecule has 0 spiro atoms. The number of rotatable bonds is 7. The minimum atomic E-state index is -1.68. The van der Waals surface area contributed by atoms with Gasteiger partial charge < -0.3 is 45.8 Å². The van der Waals surface area contributed by atoms with Crippen LogP contribution in [-0.4, -0.2) is 135 Å². The average Bonchev–Trinajstić information content (AvgIpc) is 3.77. The second kappa shape index (κ2) is 19.7. The van der Waals surface area contributed by atoms with Crippen molar-refractivity contribution in [2.24, 2.45) is 0 Å². The lowest BCUT2D eigenvalue weighted by atomic mass is 9.95. The number of amides is 6. The number of ketones is 1. The van der Waals surface area contributed by atoms with Crippen LogP contribution in [-0.2, 0) is 44.7 Å². The normalized spacial score (nSPS) is 25.6. The Bertz CT molecular complexity index is 2190. The van der Waals surface area contributed by atoms with Crippen molar-refractivity contribution >= 4 is 52.9 Å². The first kappa shape index (κ1) is 44.7. The summed E-state index contributed by atoms with van der Waals surface area (Å²) in [5, 5.41) is 21.3. The molecule has 328 valence electrons. The summed E-state index contributed by atoms with van der Waals surface area (Å²) in [5.41, 5.74) is 1.35. The van der Waals surface area contributed by atoms with Crippen molar-refractivity contribution in [3.05, 3.63) is 89.7 Å².